The van der Waals surface area contributed by atoms with E-state index >= 15 is 0 Å². The van der Waals surface area contributed by atoms with Crippen molar-refractivity contribution in [1.29, 1.82) is 0 Å². The highest BCUT2D eigenvalue weighted by Crippen LogP contribution is 2.33. The number of hydrogen-bond donors (Lipinski definition) is 1. The molecule has 2 aliphatic heterocycles. The van der Waals surface area contributed by atoms with E-state index in [9.17, 15) is 9.59 Å². The number of aromatic nitrogens is 2. The lowest BCUT2D eigenvalue weighted by atomic mass is 9.89. The number of ether oxygens (including phenoxy) is 1. The molecular formula is C29H33N5O3. The average molecular weight is 500 g/mol. The van der Waals surface area contributed by atoms with Crippen LogP contribution in [0.5, 0.6) is 0 Å². The number of carbonyl (C=O) groups is 2. The summed E-state index contributed by atoms with van der Waals surface area (Å²) in [5, 5.41) is 11.5. The first-order valence-electron chi connectivity index (χ1n) is 12.9. The summed E-state index contributed by atoms with van der Waals surface area (Å²) in [5.74, 6) is 0.870. The summed E-state index contributed by atoms with van der Waals surface area (Å²) in [4.78, 5) is 30.1. The third-order valence-electron chi connectivity index (χ3n) is 7.41. The van der Waals surface area contributed by atoms with Gasteiger partial charge in [-0.25, -0.2) is 0 Å². The van der Waals surface area contributed by atoms with Crippen molar-refractivity contribution in [3.8, 4) is 0 Å². The molecule has 0 aliphatic carbocycles. The molecule has 0 spiro atoms. The summed E-state index contributed by atoms with van der Waals surface area (Å²) in [6.45, 7) is 2.91. The van der Waals surface area contributed by atoms with Gasteiger partial charge in [-0.15, -0.1) is 5.10 Å². The van der Waals surface area contributed by atoms with Gasteiger partial charge in [0.25, 0.3) is 5.91 Å². The van der Waals surface area contributed by atoms with Gasteiger partial charge in [-0.3, -0.25) is 14.5 Å². The molecule has 2 aromatic carbocycles. The average Bonchev–Trinajstić information content (AvgIpc) is 3.51. The number of hydrogen-bond acceptors (Lipinski definition) is 6. The first-order valence-corrected chi connectivity index (χ1v) is 12.9. The van der Waals surface area contributed by atoms with Gasteiger partial charge in [-0.05, 0) is 67.1 Å². The first kappa shape index (κ1) is 25.0. The Balaban J connectivity index is 1.26. The summed E-state index contributed by atoms with van der Waals surface area (Å²) in [6, 6.07) is 21.5. The molecule has 37 heavy (non-hydrogen) atoms. The van der Waals surface area contributed by atoms with Crippen molar-refractivity contribution in [2.24, 2.45) is 5.92 Å². The molecule has 2 fully saturated rings. The van der Waals surface area contributed by atoms with Crippen LogP contribution in [0.4, 0.5) is 11.5 Å². The normalized spacial score (nSPS) is 18.9. The summed E-state index contributed by atoms with van der Waals surface area (Å²) < 4.78 is 5.55. The number of anilines is 2. The number of nitrogens with one attached hydrogen (secondary N) is 1. The zero-order valence-electron chi connectivity index (χ0n) is 21.1. The Labute approximate surface area is 217 Å². The van der Waals surface area contributed by atoms with E-state index < -0.39 is 6.10 Å². The van der Waals surface area contributed by atoms with Gasteiger partial charge in [-0.2, -0.15) is 5.10 Å². The standard InChI is InChI=1S/C29H33N5O3/c1-37-27(23-6-3-2-4-7-23)29(36)33-18-14-22(15-19-33)21-9-11-25(12-10-21)34(26-8-5-16-31-32-26)28(35)24-13-17-30-20-24/h2-12,16,22,24,27,30H,13-15,17-20H2,1H3/t24-,27-/m0/s1. The number of nitrogens with zero attached hydrogens (tertiary/aromatic N) is 4. The van der Waals surface area contributed by atoms with Gasteiger partial charge in [-0.1, -0.05) is 42.5 Å². The Morgan fingerprint density at radius 1 is 1.00 bits per heavy atom. The van der Waals surface area contributed by atoms with Gasteiger partial charge in [0.05, 0.1) is 11.6 Å². The van der Waals surface area contributed by atoms with E-state index in [0.717, 1.165) is 37.1 Å². The van der Waals surface area contributed by atoms with Gasteiger partial charge in [0, 0.05) is 32.9 Å². The van der Waals surface area contributed by atoms with Crippen LogP contribution in [0.2, 0.25) is 0 Å². The molecule has 1 N–H and O–H groups in total. The Morgan fingerprint density at radius 2 is 1.76 bits per heavy atom. The van der Waals surface area contributed by atoms with Crippen molar-refractivity contribution >= 4 is 23.3 Å². The molecular weight excluding hydrogens is 466 g/mol. The number of amides is 2. The zero-order valence-corrected chi connectivity index (χ0v) is 21.1. The Kier molecular flexibility index (Phi) is 7.87. The van der Waals surface area contributed by atoms with E-state index in [2.05, 4.69) is 27.6 Å². The summed E-state index contributed by atoms with van der Waals surface area (Å²) in [5.41, 5.74) is 2.89. The van der Waals surface area contributed by atoms with E-state index in [-0.39, 0.29) is 17.7 Å². The van der Waals surface area contributed by atoms with Crippen molar-refractivity contribution in [1.82, 2.24) is 20.4 Å². The minimum absolute atomic E-state index is 0.0158. The topological polar surface area (TPSA) is 87.7 Å². The second-order valence-electron chi connectivity index (χ2n) is 9.66. The summed E-state index contributed by atoms with van der Waals surface area (Å²) >= 11 is 0. The quantitative estimate of drug-likeness (QED) is 0.532. The minimum Gasteiger partial charge on any atom is -0.367 e. The number of benzene rings is 2. The maximum atomic E-state index is 13.4. The van der Waals surface area contributed by atoms with E-state index in [1.807, 2.05) is 53.4 Å². The summed E-state index contributed by atoms with van der Waals surface area (Å²) in [7, 11) is 1.59. The fourth-order valence-corrected chi connectivity index (χ4v) is 5.33. The van der Waals surface area contributed by atoms with Crippen molar-refractivity contribution in [2.75, 3.05) is 38.2 Å². The number of piperidine rings is 1. The molecule has 192 valence electrons. The van der Waals surface area contributed by atoms with Gasteiger partial charge in [0.1, 0.15) is 0 Å². The number of rotatable bonds is 7. The molecule has 8 nitrogen and oxygen atoms in total. The monoisotopic (exact) mass is 499 g/mol. The number of methoxy groups -OCH3 is 1. The van der Waals surface area contributed by atoms with Gasteiger partial charge >= 0.3 is 0 Å². The second-order valence-corrected chi connectivity index (χ2v) is 9.66. The van der Waals surface area contributed by atoms with Gasteiger partial charge in [0.15, 0.2) is 11.9 Å². The fourth-order valence-electron chi connectivity index (χ4n) is 5.33. The van der Waals surface area contributed by atoms with Crippen molar-refractivity contribution in [3.05, 3.63) is 84.1 Å². The third kappa shape index (κ3) is 5.55. The lowest BCUT2D eigenvalue weighted by Crippen LogP contribution is -2.41. The Hall–Kier alpha value is -3.62. The molecule has 2 amide bonds. The van der Waals surface area contributed by atoms with E-state index in [4.69, 9.17) is 4.74 Å². The molecule has 0 radical (unpaired) electrons. The third-order valence-corrected chi connectivity index (χ3v) is 7.41. The highest BCUT2D eigenvalue weighted by atomic mass is 16.5. The highest BCUT2D eigenvalue weighted by molar-refractivity contribution is 6.01. The largest absolute Gasteiger partial charge is 0.367 e. The molecule has 3 aromatic rings. The van der Waals surface area contributed by atoms with Crippen LogP contribution < -0.4 is 10.2 Å². The van der Waals surface area contributed by atoms with Crippen LogP contribution in [0, 0.1) is 5.92 Å². The lowest BCUT2D eigenvalue weighted by molar-refractivity contribution is -0.143. The van der Waals surface area contributed by atoms with Gasteiger partial charge < -0.3 is 15.0 Å². The van der Waals surface area contributed by atoms with Crippen LogP contribution in [0.1, 0.15) is 42.4 Å². The predicted molar refractivity (Wildman–Crippen MR) is 141 cm³/mol. The molecule has 1 aromatic heterocycles. The van der Waals surface area contributed by atoms with E-state index in [1.165, 1.54) is 5.56 Å². The van der Waals surface area contributed by atoms with Crippen LogP contribution in [0.25, 0.3) is 0 Å². The number of likely N-dealkylation sites (tertiary alicyclic amines) is 1. The molecule has 2 atom stereocenters. The van der Waals surface area contributed by atoms with Crippen molar-refractivity contribution < 1.29 is 14.3 Å². The summed E-state index contributed by atoms with van der Waals surface area (Å²) in [6.07, 6.45) is 3.63. The van der Waals surface area contributed by atoms with E-state index in [0.29, 0.717) is 31.4 Å². The zero-order chi connectivity index (χ0) is 25.6. The van der Waals surface area contributed by atoms with Crippen LogP contribution in [0.3, 0.4) is 0 Å². The van der Waals surface area contributed by atoms with Crippen LogP contribution in [-0.4, -0.2) is 60.2 Å². The van der Waals surface area contributed by atoms with Crippen molar-refractivity contribution in [2.45, 2.75) is 31.3 Å². The molecule has 8 heteroatoms. The molecule has 2 saturated heterocycles. The Morgan fingerprint density at radius 3 is 2.38 bits per heavy atom. The molecule has 5 rings (SSSR count). The maximum absolute atomic E-state index is 13.4. The minimum atomic E-state index is -0.572. The highest BCUT2D eigenvalue weighted by Gasteiger charge is 2.31. The van der Waals surface area contributed by atoms with Crippen LogP contribution >= 0.6 is 0 Å². The molecule has 0 saturated carbocycles. The van der Waals surface area contributed by atoms with Crippen molar-refractivity contribution in [3.63, 3.8) is 0 Å². The smallest absolute Gasteiger partial charge is 0.256 e. The molecule has 3 heterocycles. The Bertz CT molecular complexity index is 1180. The molecule has 0 unspecified atom stereocenters. The second kappa shape index (κ2) is 11.6. The molecule has 0 bridgehead atoms. The van der Waals surface area contributed by atoms with Crippen LogP contribution in [-0.2, 0) is 14.3 Å². The lowest BCUT2D eigenvalue weighted by Gasteiger charge is -2.34. The predicted octanol–water partition coefficient (Wildman–Crippen LogP) is 3.84. The van der Waals surface area contributed by atoms with Crippen LogP contribution in [0.15, 0.2) is 72.9 Å². The maximum Gasteiger partial charge on any atom is 0.256 e. The first-order chi connectivity index (χ1) is 18.2. The SMILES string of the molecule is CO[C@H](C(=O)N1CCC(c2ccc(N(C(=O)[C@H]3CCNC3)c3cccnn3)cc2)CC1)c1ccccc1. The number of carbonyl (C=O) groups excluding carboxylic acids is 2. The molecule has 2 aliphatic rings. The van der Waals surface area contributed by atoms with Gasteiger partial charge in [0.2, 0.25) is 5.91 Å². The fraction of sp³-hybridized carbons (Fsp3) is 0.379. The van der Waals surface area contributed by atoms with E-state index in [1.54, 1.807) is 24.3 Å².